The lowest BCUT2D eigenvalue weighted by Crippen LogP contribution is -2.42. The van der Waals surface area contributed by atoms with Crippen LogP contribution in [0.4, 0.5) is 0 Å². The van der Waals surface area contributed by atoms with Crippen LogP contribution >= 0.6 is 0 Å². The normalized spacial score (nSPS) is 17.8. The van der Waals surface area contributed by atoms with Crippen molar-refractivity contribution in [2.45, 2.75) is 26.4 Å². The standard InChI is InChI=1S/C16H21N5O3/c1-3-13-18-15(20-19-13)12-10-21(7-8-24-12)16(22)11-5-6-17-14(9-11)23-4-2/h5-6,9,12H,3-4,7-8,10H2,1-2H3,(H,18,19,20)/t12-/m1/s1. The Morgan fingerprint density at radius 3 is 3.12 bits per heavy atom. The first kappa shape index (κ1) is 16.4. The number of amides is 1. The summed E-state index contributed by atoms with van der Waals surface area (Å²) in [5.41, 5.74) is 0.554. The lowest BCUT2D eigenvalue weighted by Gasteiger charge is -2.31. The highest BCUT2D eigenvalue weighted by molar-refractivity contribution is 5.94. The summed E-state index contributed by atoms with van der Waals surface area (Å²) >= 11 is 0. The molecule has 1 N–H and O–H groups in total. The molecule has 2 aromatic rings. The first-order chi connectivity index (χ1) is 11.7. The van der Waals surface area contributed by atoms with Crippen LogP contribution in [0.25, 0.3) is 0 Å². The number of carbonyl (C=O) groups is 1. The fraction of sp³-hybridized carbons (Fsp3) is 0.500. The summed E-state index contributed by atoms with van der Waals surface area (Å²) in [6.45, 7) is 5.80. The zero-order valence-corrected chi connectivity index (χ0v) is 13.9. The Bertz CT molecular complexity index is 703. The fourth-order valence-electron chi connectivity index (χ4n) is 2.55. The number of hydrogen-bond acceptors (Lipinski definition) is 6. The van der Waals surface area contributed by atoms with E-state index in [0.29, 0.717) is 43.6 Å². The third-order valence-corrected chi connectivity index (χ3v) is 3.80. The average molecular weight is 331 g/mol. The van der Waals surface area contributed by atoms with Crippen molar-refractivity contribution in [2.24, 2.45) is 0 Å². The number of morpholine rings is 1. The number of ether oxygens (including phenoxy) is 2. The predicted octanol–water partition coefficient (Wildman–Crippen LogP) is 1.37. The number of carbonyl (C=O) groups excluding carboxylic acids is 1. The van der Waals surface area contributed by atoms with E-state index in [2.05, 4.69) is 20.2 Å². The first-order valence-corrected chi connectivity index (χ1v) is 8.12. The second-order valence-electron chi connectivity index (χ2n) is 5.42. The van der Waals surface area contributed by atoms with Crippen molar-refractivity contribution in [1.82, 2.24) is 25.1 Å². The molecule has 1 fully saturated rings. The second kappa shape index (κ2) is 7.39. The Kier molecular flexibility index (Phi) is 5.05. The van der Waals surface area contributed by atoms with Crippen LogP contribution < -0.4 is 4.74 Å². The second-order valence-corrected chi connectivity index (χ2v) is 5.42. The van der Waals surface area contributed by atoms with E-state index in [4.69, 9.17) is 9.47 Å². The maximum Gasteiger partial charge on any atom is 0.254 e. The zero-order valence-electron chi connectivity index (χ0n) is 13.9. The van der Waals surface area contributed by atoms with Gasteiger partial charge in [-0.15, -0.1) is 0 Å². The highest BCUT2D eigenvalue weighted by atomic mass is 16.5. The van der Waals surface area contributed by atoms with E-state index in [9.17, 15) is 4.79 Å². The Hall–Kier alpha value is -2.48. The number of hydrogen-bond donors (Lipinski definition) is 1. The molecular formula is C16H21N5O3. The van der Waals surface area contributed by atoms with Crippen LogP contribution in [0.5, 0.6) is 5.88 Å². The molecule has 0 unspecified atom stereocenters. The number of H-pyrrole nitrogens is 1. The number of aryl methyl sites for hydroxylation is 1. The molecule has 0 aliphatic carbocycles. The van der Waals surface area contributed by atoms with Gasteiger partial charge in [0.25, 0.3) is 5.91 Å². The van der Waals surface area contributed by atoms with Crippen LogP contribution in [-0.4, -0.2) is 57.3 Å². The molecule has 1 aliphatic heterocycles. The third kappa shape index (κ3) is 3.53. The fourth-order valence-corrected chi connectivity index (χ4v) is 2.55. The van der Waals surface area contributed by atoms with E-state index >= 15 is 0 Å². The number of aromatic nitrogens is 4. The average Bonchev–Trinajstić information content (AvgIpc) is 3.11. The quantitative estimate of drug-likeness (QED) is 0.889. The highest BCUT2D eigenvalue weighted by Gasteiger charge is 2.28. The molecule has 8 heteroatoms. The topological polar surface area (TPSA) is 93.2 Å². The predicted molar refractivity (Wildman–Crippen MR) is 85.8 cm³/mol. The summed E-state index contributed by atoms with van der Waals surface area (Å²) in [5, 5.41) is 7.07. The molecule has 0 spiro atoms. The molecular weight excluding hydrogens is 310 g/mol. The Balaban J connectivity index is 1.71. The molecule has 3 heterocycles. The lowest BCUT2D eigenvalue weighted by molar-refractivity contribution is -0.0266. The van der Waals surface area contributed by atoms with E-state index in [-0.39, 0.29) is 12.0 Å². The van der Waals surface area contributed by atoms with Gasteiger partial charge in [0.2, 0.25) is 5.88 Å². The molecule has 8 nitrogen and oxygen atoms in total. The van der Waals surface area contributed by atoms with Crippen LogP contribution in [-0.2, 0) is 11.2 Å². The Morgan fingerprint density at radius 1 is 1.50 bits per heavy atom. The number of pyridine rings is 1. The van der Waals surface area contributed by atoms with E-state index in [0.717, 1.165) is 12.2 Å². The van der Waals surface area contributed by atoms with Crippen LogP contribution in [0.2, 0.25) is 0 Å². The summed E-state index contributed by atoms with van der Waals surface area (Å²) < 4.78 is 11.1. The largest absolute Gasteiger partial charge is 0.478 e. The summed E-state index contributed by atoms with van der Waals surface area (Å²) in [4.78, 5) is 23.0. The van der Waals surface area contributed by atoms with Crippen LogP contribution in [0, 0.1) is 0 Å². The maximum absolute atomic E-state index is 12.7. The van der Waals surface area contributed by atoms with Crippen LogP contribution in [0.1, 0.15) is 42.0 Å². The van der Waals surface area contributed by atoms with E-state index in [1.54, 1.807) is 23.2 Å². The molecule has 2 aromatic heterocycles. The maximum atomic E-state index is 12.7. The van der Waals surface area contributed by atoms with Gasteiger partial charge >= 0.3 is 0 Å². The monoisotopic (exact) mass is 331 g/mol. The van der Waals surface area contributed by atoms with Gasteiger partial charge in [0.05, 0.1) is 19.8 Å². The van der Waals surface area contributed by atoms with Crippen molar-refractivity contribution >= 4 is 5.91 Å². The summed E-state index contributed by atoms with van der Waals surface area (Å²) in [7, 11) is 0. The van der Waals surface area contributed by atoms with Gasteiger partial charge in [-0.05, 0) is 13.0 Å². The van der Waals surface area contributed by atoms with Crippen molar-refractivity contribution in [2.75, 3.05) is 26.3 Å². The molecule has 1 aliphatic rings. The third-order valence-electron chi connectivity index (χ3n) is 3.80. The summed E-state index contributed by atoms with van der Waals surface area (Å²) in [6.07, 6.45) is 2.05. The van der Waals surface area contributed by atoms with Gasteiger partial charge < -0.3 is 14.4 Å². The first-order valence-electron chi connectivity index (χ1n) is 8.12. The number of nitrogens with one attached hydrogen (secondary N) is 1. The van der Waals surface area contributed by atoms with E-state index in [1.165, 1.54) is 0 Å². The zero-order chi connectivity index (χ0) is 16.9. The van der Waals surface area contributed by atoms with Gasteiger partial charge in [0.15, 0.2) is 5.82 Å². The molecule has 128 valence electrons. The molecule has 1 saturated heterocycles. The molecule has 0 saturated carbocycles. The number of aromatic amines is 1. The van der Waals surface area contributed by atoms with Crippen molar-refractivity contribution in [3.8, 4) is 5.88 Å². The van der Waals surface area contributed by atoms with Crippen LogP contribution in [0.15, 0.2) is 18.3 Å². The van der Waals surface area contributed by atoms with Gasteiger partial charge in [-0.3, -0.25) is 9.89 Å². The highest BCUT2D eigenvalue weighted by Crippen LogP contribution is 2.21. The number of nitrogens with zero attached hydrogens (tertiary/aromatic N) is 4. The molecule has 0 bridgehead atoms. The van der Waals surface area contributed by atoms with Crippen molar-refractivity contribution in [1.29, 1.82) is 0 Å². The van der Waals surface area contributed by atoms with Crippen LogP contribution in [0.3, 0.4) is 0 Å². The van der Waals surface area contributed by atoms with Crippen molar-refractivity contribution < 1.29 is 14.3 Å². The molecule has 0 aromatic carbocycles. The minimum atomic E-state index is -0.313. The van der Waals surface area contributed by atoms with E-state index < -0.39 is 0 Å². The number of rotatable bonds is 5. The Morgan fingerprint density at radius 2 is 2.38 bits per heavy atom. The van der Waals surface area contributed by atoms with Gasteiger partial charge in [0, 0.05) is 30.8 Å². The van der Waals surface area contributed by atoms with Gasteiger partial charge in [-0.2, -0.15) is 5.10 Å². The summed E-state index contributed by atoms with van der Waals surface area (Å²) in [6, 6.07) is 3.36. The summed E-state index contributed by atoms with van der Waals surface area (Å²) in [5.74, 6) is 1.79. The smallest absolute Gasteiger partial charge is 0.254 e. The lowest BCUT2D eigenvalue weighted by atomic mass is 10.2. The molecule has 3 rings (SSSR count). The molecule has 1 amide bonds. The van der Waals surface area contributed by atoms with Gasteiger partial charge in [0.1, 0.15) is 11.9 Å². The molecule has 1 atom stereocenters. The SMILES string of the molecule is CCOc1cc(C(=O)N2CCO[C@@H](c3n[nH]c(CC)n3)C2)ccn1. The minimum absolute atomic E-state index is 0.0714. The minimum Gasteiger partial charge on any atom is -0.478 e. The van der Waals surface area contributed by atoms with Gasteiger partial charge in [-0.25, -0.2) is 9.97 Å². The molecule has 24 heavy (non-hydrogen) atoms. The molecule has 0 radical (unpaired) electrons. The van der Waals surface area contributed by atoms with E-state index in [1.807, 2.05) is 13.8 Å². The van der Waals surface area contributed by atoms with Gasteiger partial charge in [-0.1, -0.05) is 6.92 Å². The van der Waals surface area contributed by atoms with Crippen molar-refractivity contribution in [3.63, 3.8) is 0 Å². The van der Waals surface area contributed by atoms with Crippen molar-refractivity contribution in [3.05, 3.63) is 35.5 Å². The Labute approximate surface area is 140 Å².